The van der Waals surface area contributed by atoms with Crippen molar-refractivity contribution >= 4 is 26.0 Å². The van der Waals surface area contributed by atoms with Crippen molar-refractivity contribution in [2.45, 2.75) is 25.3 Å². The van der Waals surface area contributed by atoms with E-state index in [1.54, 1.807) is 26.0 Å². The highest BCUT2D eigenvalue weighted by atomic mass is 79.9. The Labute approximate surface area is 149 Å². The Morgan fingerprint density at radius 2 is 1.79 bits per heavy atom. The van der Waals surface area contributed by atoms with E-state index in [2.05, 4.69) is 21.1 Å². The zero-order valence-corrected chi connectivity index (χ0v) is 16.5. The van der Waals surface area contributed by atoms with Crippen LogP contribution in [0.25, 0.3) is 0 Å². The number of ether oxygens (including phenoxy) is 2. The molecule has 1 aromatic heterocycles. The van der Waals surface area contributed by atoms with Crippen molar-refractivity contribution in [3.05, 3.63) is 33.6 Å². The van der Waals surface area contributed by atoms with Gasteiger partial charge >= 0.3 is 0 Å². The zero-order valence-electron chi connectivity index (χ0n) is 14.1. The molecule has 0 radical (unpaired) electrons. The highest BCUT2D eigenvalue weighted by Gasteiger charge is 2.29. The van der Waals surface area contributed by atoms with E-state index in [1.807, 2.05) is 0 Å². The van der Waals surface area contributed by atoms with Gasteiger partial charge in [0.15, 0.2) is 17.3 Å². The minimum Gasteiger partial charge on any atom is -0.493 e. The van der Waals surface area contributed by atoms with Crippen molar-refractivity contribution in [2.75, 3.05) is 21.3 Å². The molecule has 0 fully saturated rings. The van der Waals surface area contributed by atoms with Gasteiger partial charge in [-0.15, -0.1) is 0 Å². The minimum absolute atomic E-state index is 0.0987. The van der Waals surface area contributed by atoms with Crippen LogP contribution in [0.2, 0.25) is 0 Å². The number of hydrogen-bond donors (Lipinski definition) is 0. The van der Waals surface area contributed by atoms with Gasteiger partial charge in [0.25, 0.3) is 0 Å². The molecule has 7 nitrogen and oxygen atoms in total. The summed E-state index contributed by atoms with van der Waals surface area (Å²) in [4.78, 5) is 0.0987. The second kappa shape index (κ2) is 7.12. The Hall–Kier alpha value is -1.58. The fourth-order valence-corrected chi connectivity index (χ4v) is 4.22. The van der Waals surface area contributed by atoms with Crippen LogP contribution in [0.4, 0.5) is 0 Å². The van der Waals surface area contributed by atoms with Crippen molar-refractivity contribution in [1.82, 2.24) is 9.46 Å². The molecule has 0 saturated heterocycles. The predicted octanol–water partition coefficient (Wildman–Crippen LogP) is 2.89. The molecule has 1 aromatic carbocycles. The van der Waals surface area contributed by atoms with Gasteiger partial charge in [0.1, 0.15) is 10.6 Å². The molecule has 0 N–H and O–H groups in total. The Kier molecular flexibility index (Phi) is 5.56. The number of nitrogens with zero attached hydrogens (tertiary/aromatic N) is 2. The van der Waals surface area contributed by atoms with Crippen LogP contribution in [0, 0.1) is 13.8 Å². The number of aryl methyl sites for hydroxylation is 2. The Balaban J connectivity index is 2.38. The SMILES string of the molecule is COc1cc(Br)c(CN(C)S(=O)(=O)c2c(C)noc2C)cc1OC. The average molecular weight is 419 g/mol. The van der Waals surface area contributed by atoms with Crippen LogP contribution in [0.3, 0.4) is 0 Å². The van der Waals surface area contributed by atoms with E-state index in [0.29, 0.717) is 17.2 Å². The molecule has 0 aliphatic carbocycles. The van der Waals surface area contributed by atoms with Crippen molar-refractivity contribution in [2.24, 2.45) is 0 Å². The number of benzene rings is 1. The third-order valence-corrected chi connectivity index (χ3v) is 6.37. The maximum atomic E-state index is 12.8. The highest BCUT2D eigenvalue weighted by Crippen LogP contribution is 2.34. The molecule has 0 aliphatic heterocycles. The number of sulfonamides is 1. The van der Waals surface area contributed by atoms with Crippen molar-refractivity contribution in [3.63, 3.8) is 0 Å². The standard InChI is InChI=1S/C15H19BrN2O5S/c1-9-15(10(2)23-17-9)24(19,20)18(3)8-11-6-13(21-4)14(22-5)7-12(11)16/h6-7H,8H2,1-5H3. The van der Waals surface area contributed by atoms with Gasteiger partial charge in [0, 0.05) is 18.1 Å². The summed E-state index contributed by atoms with van der Waals surface area (Å²) in [6.07, 6.45) is 0. The fraction of sp³-hybridized carbons (Fsp3) is 0.400. The third kappa shape index (κ3) is 3.42. The molecule has 0 spiro atoms. The smallest absolute Gasteiger partial charge is 0.248 e. The van der Waals surface area contributed by atoms with Crippen LogP contribution in [0.15, 0.2) is 26.0 Å². The minimum atomic E-state index is -3.72. The van der Waals surface area contributed by atoms with Gasteiger partial charge in [0.05, 0.1) is 14.2 Å². The molecule has 0 saturated carbocycles. The Morgan fingerprint density at radius 3 is 2.29 bits per heavy atom. The van der Waals surface area contributed by atoms with Crippen LogP contribution in [0.1, 0.15) is 17.0 Å². The van der Waals surface area contributed by atoms with E-state index < -0.39 is 10.0 Å². The quantitative estimate of drug-likeness (QED) is 0.716. The van der Waals surface area contributed by atoms with E-state index in [0.717, 1.165) is 10.0 Å². The maximum absolute atomic E-state index is 12.8. The van der Waals surface area contributed by atoms with Crippen LogP contribution >= 0.6 is 15.9 Å². The molecule has 132 valence electrons. The first-order valence-corrected chi connectivity index (χ1v) is 9.25. The van der Waals surface area contributed by atoms with Gasteiger partial charge in [0.2, 0.25) is 10.0 Å². The number of aromatic nitrogens is 1. The summed E-state index contributed by atoms with van der Waals surface area (Å²) >= 11 is 3.44. The molecule has 2 aromatic rings. The normalized spacial score (nSPS) is 11.8. The first kappa shape index (κ1) is 18.8. The zero-order chi connectivity index (χ0) is 18.1. The molecule has 2 rings (SSSR count). The summed E-state index contributed by atoms with van der Waals surface area (Å²) in [6.45, 7) is 3.32. The number of rotatable bonds is 6. The van der Waals surface area contributed by atoms with Gasteiger partial charge in [-0.25, -0.2) is 8.42 Å². The highest BCUT2D eigenvalue weighted by molar-refractivity contribution is 9.10. The summed E-state index contributed by atoms with van der Waals surface area (Å²) in [5.41, 5.74) is 1.08. The second-order valence-electron chi connectivity index (χ2n) is 5.21. The first-order chi connectivity index (χ1) is 11.2. The molecule has 0 unspecified atom stereocenters. The van der Waals surface area contributed by atoms with Crippen LogP contribution < -0.4 is 9.47 Å². The van der Waals surface area contributed by atoms with E-state index in [9.17, 15) is 8.42 Å². The van der Waals surface area contributed by atoms with Gasteiger partial charge in [-0.05, 0) is 31.5 Å². The summed E-state index contributed by atoms with van der Waals surface area (Å²) < 4.78 is 43.0. The number of hydrogen-bond acceptors (Lipinski definition) is 6. The summed E-state index contributed by atoms with van der Waals surface area (Å²) in [5, 5.41) is 3.71. The monoisotopic (exact) mass is 418 g/mol. The fourth-order valence-electron chi connectivity index (χ4n) is 2.34. The molecule has 24 heavy (non-hydrogen) atoms. The molecule has 0 bridgehead atoms. The summed E-state index contributed by atoms with van der Waals surface area (Å²) in [6, 6.07) is 3.48. The van der Waals surface area contributed by atoms with Crippen molar-refractivity contribution in [3.8, 4) is 11.5 Å². The number of methoxy groups -OCH3 is 2. The van der Waals surface area contributed by atoms with Crippen molar-refractivity contribution < 1.29 is 22.4 Å². The summed E-state index contributed by atoms with van der Waals surface area (Å²) in [5.74, 6) is 1.36. The van der Waals surface area contributed by atoms with Crippen LogP contribution in [-0.2, 0) is 16.6 Å². The van der Waals surface area contributed by atoms with Crippen molar-refractivity contribution in [1.29, 1.82) is 0 Å². The van der Waals surface area contributed by atoms with E-state index in [-0.39, 0.29) is 17.2 Å². The third-order valence-electron chi connectivity index (χ3n) is 3.58. The van der Waals surface area contributed by atoms with E-state index in [1.165, 1.54) is 25.6 Å². The van der Waals surface area contributed by atoms with Crippen LogP contribution in [-0.4, -0.2) is 39.1 Å². The van der Waals surface area contributed by atoms with E-state index >= 15 is 0 Å². The molecule has 9 heteroatoms. The van der Waals surface area contributed by atoms with Gasteiger partial charge in [-0.2, -0.15) is 4.31 Å². The topological polar surface area (TPSA) is 81.9 Å². The second-order valence-corrected chi connectivity index (χ2v) is 8.05. The van der Waals surface area contributed by atoms with Gasteiger partial charge in [-0.1, -0.05) is 21.1 Å². The predicted molar refractivity (Wildman–Crippen MR) is 91.9 cm³/mol. The molecule has 0 aliphatic rings. The largest absolute Gasteiger partial charge is 0.493 e. The molecule has 0 amide bonds. The van der Waals surface area contributed by atoms with Gasteiger partial charge < -0.3 is 14.0 Å². The Morgan fingerprint density at radius 1 is 1.21 bits per heavy atom. The van der Waals surface area contributed by atoms with Crippen LogP contribution in [0.5, 0.6) is 11.5 Å². The lowest BCUT2D eigenvalue weighted by Gasteiger charge is -2.19. The average Bonchev–Trinajstić information content (AvgIpc) is 2.88. The number of halogens is 1. The lowest BCUT2D eigenvalue weighted by Crippen LogP contribution is -2.27. The molecule has 1 heterocycles. The molecular weight excluding hydrogens is 400 g/mol. The maximum Gasteiger partial charge on any atom is 0.248 e. The summed E-state index contributed by atoms with van der Waals surface area (Å²) in [7, 11) is 0.849. The van der Waals surface area contributed by atoms with Gasteiger partial charge in [-0.3, -0.25) is 0 Å². The lowest BCUT2D eigenvalue weighted by atomic mass is 10.2. The molecular formula is C15H19BrN2O5S. The first-order valence-electron chi connectivity index (χ1n) is 7.02. The Bertz CT molecular complexity index is 828. The molecule has 0 atom stereocenters. The van der Waals surface area contributed by atoms with E-state index in [4.69, 9.17) is 14.0 Å². The lowest BCUT2D eigenvalue weighted by molar-refractivity contribution is 0.353.